The molecule has 1 saturated carbocycles. The molecule has 3 heterocycles. The molecule has 19 heteroatoms. The molecule has 6 rings (SSSR count). The highest BCUT2D eigenvalue weighted by Gasteiger charge is 2.45. The third-order valence-electron chi connectivity index (χ3n) is 8.30. The molecule has 15 nitrogen and oxygen atoms in total. The van der Waals surface area contributed by atoms with Gasteiger partial charge in [-0.1, -0.05) is 37.6 Å². The van der Waals surface area contributed by atoms with Crippen LogP contribution in [0.3, 0.4) is 0 Å². The van der Waals surface area contributed by atoms with E-state index < -0.39 is 47.5 Å². The number of benzene rings is 2. The molecule has 0 unspecified atom stereocenters. The molecule has 5 aromatic rings. The van der Waals surface area contributed by atoms with Crippen LogP contribution in [0.15, 0.2) is 85.3 Å². The lowest BCUT2D eigenvalue weighted by atomic mass is 9.93. The molecular formula is C36H35ClF3N11O4. The number of carbonyl (C=O) groups is 3. The minimum Gasteiger partial charge on any atom is -0.454 e. The Labute approximate surface area is 317 Å². The van der Waals surface area contributed by atoms with Crippen molar-refractivity contribution >= 4 is 52.6 Å². The van der Waals surface area contributed by atoms with Gasteiger partial charge in [0, 0.05) is 48.0 Å². The molecule has 0 radical (unpaired) electrons. The molecule has 0 saturated heterocycles. The monoisotopic (exact) mass is 777 g/mol. The van der Waals surface area contributed by atoms with Crippen LogP contribution in [-0.2, 0) is 15.1 Å². The number of nitrogens with one attached hydrogen (secondary N) is 5. The fraction of sp³-hybridized carbons (Fsp3) is 0.278. The zero-order valence-corrected chi connectivity index (χ0v) is 30.2. The Hall–Kier alpha value is -6.30. The Morgan fingerprint density at radius 3 is 2.25 bits per heavy atom. The van der Waals surface area contributed by atoms with Crippen LogP contribution < -0.4 is 31.3 Å². The van der Waals surface area contributed by atoms with Gasteiger partial charge in [-0.3, -0.25) is 14.4 Å². The molecule has 3 aromatic heterocycles. The van der Waals surface area contributed by atoms with Crippen molar-refractivity contribution in [3.63, 3.8) is 0 Å². The Morgan fingerprint density at radius 2 is 1.58 bits per heavy atom. The maximum atomic E-state index is 13.0. The number of nitrogens with zero attached hydrogens (tertiary/aromatic N) is 6. The number of ether oxygens (including phenoxy) is 1. The first-order valence-corrected chi connectivity index (χ1v) is 17.2. The Bertz CT molecular complexity index is 2150. The van der Waals surface area contributed by atoms with Crippen molar-refractivity contribution in [1.29, 1.82) is 0 Å². The van der Waals surface area contributed by atoms with E-state index in [-0.39, 0.29) is 25.0 Å². The highest BCUT2D eigenvalue weighted by molar-refractivity contribution is 6.39. The number of anilines is 4. The van der Waals surface area contributed by atoms with Gasteiger partial charge < -0.3 is 31.3 Å². The number of amides is 3. The van der Waals surface area contributed by atoms with Gasteiger partial charge in [0.2, 0.25) is 11.9 Å². The maximum Gasteiger partial charge on any atom is 0.422 e. The summed E-state index contributed by atoms with van der Waals surface area (Å²) in [6, 6.07) is 17.8. The van der Waals surface area contributed by atoms with E-state index in [1.54, 1.807) is 68.7 Å². The van der Waals surface area contributed by atoms with E-state index in [1.165, 1.54) is 23.0 Å². The lowest BCUT2D eigenvalue weighted by Crippen LogP contribution is -2.45. The van der Waals surface area contributed by atoms with E-state index in [2.05, 4.69) is 51.6 Å². The molecule has 1 aliphatic carbocycles. The predicted octanol–water partition coefficient (Wildman–Crippen LogP) is 5.40. The molecule has 1 fully saturated rings. The lowest BCUT2D eigenvalue weighted by molar-refractivity contribution is -0.154. The minimum atomic E-state index is -4.61. The van der Waals surface area contributed by atoms with Gasteiger partial charge in [0.25, 0.3) is 5.91 Å². The van der Waals surface area contributed by atoms with Crippen LogP contribution in [0.25, 0.3) is 5.82 Å². The van der Waals surface area contributed by atoms with Crippen LogP contribution in [0.5, 0.6) is 6.01 Å². The number of carbonyl (C=O) groups excluding carboxylic acids is 3. The molecule has 286 valence electrons. The summed E-state index contributed by atoms with van der Waals surface area (Å²) in [5.74, 6) is -1.91. The summed E-state index contributed by atoms with van der Waals surface area (Å²) in [5.41, 5.74) is 0.770. The standard InChI is InChI=1S/C36H35ClF3N11O4/c1-34(2,20-43-29(53)30(54)46-26-5-3-16-41-27(26)51-18-4-17-44-51)19-42-28(52)22-6-12-25(13-7-22)45-31-47-32(49-33(48-31)55-21-36(38,39)40)50-35(14-15-35)23-8-10-24(37)11-9-23/h3-13,16-18H,14-15,19-21H2,1-2H3,(H,42,52)(H,43,53)(H,46,54)(H2,45,47,48,49,50). The first-order valence-electron chi connectivity index (χ1n) is 16.9. The summed E-state index contributed by atoms with van der Waals surface area (Å²) in [6.07, 6.45) is 1.59. The number of hydrogen-bond donors (Lipinski definition) is 5. The Morgan fingerprint density at radius 1 is 0.873 bits per heavy atom. The number of alkyl halides is 3. The molecule has 55 heavy (non-hydrogen) atoms. The molecule has 0 bridgehead atoms. The van der Waals surface area contributed by atoms with Crippen molar-refractivity contribution < 1.29 is 32.3 Å². The fourth-order valence-electron chi connectivity index (χ4n) is 5.24. The van der Waals surface area contributed by atoms with E-state index in [0.717, 1.165) is 18.4 Å². The fourth-order valence-corrected chi connectivity index (χ4v) is 5.37. The van der Waals surface area contributed by atoms with E-state index in [0.29, 0.717) is 27.8 Å². The average Bonchev–Trinajstić information content (AvgIpc) is 3.71. The minimum absolute atomic E-state index is 0.00517. The summed E-state index contributed by atoms with van der Waals surface area (Å²) >= 11 is 6.04. The van der Waals surface area contributed by atoms with Crippen LogP contribution in [-0.4, -0.2) is 73.3 Å². The smallest absolute Gasteiger partial charge is 0.422 e. The Kier molecular flexibility index (Phi) is 11.2. The van der Waals surface area contributed by atoms with Crippen molar-refractivity contribution in [3.8, 4) is 11.8 Å². The molecule has 1 aliphatic rings. The summed E-state index contributed by atoms with van der Waals surface area (Å²) in [6.45, 7) is 2.24. The normalized spacial score (nSPS) is 13.3. The summed E-state index contributed by atoms with van der Waals surface area (Å²) in [4.78, 5) is 54.9. The van der Waals surface area contributed by atoms with Crippen LogP contribution in [0, 0.1) is 5.41 Å². The SMILES string of the molecule is CC(C)(CNC(=O)C(=O)Nc1cccnc1-n1cccn1)CNC(=O)c1ccc(Nc2nc(NC3(c4ccc(Cl)cc4)CC3)nc(OCC(F)(F)F)n2)cc1. The zero-order valence-electron chi connectivity index (χ0n) is 29.4. The summed E-state index contributed by atoms with van der Waals surface area (Å²) in [5, 5.41) is 18.8. The van der Waals surface area contributed by atoms with Crippen molar-refractivity contribution in [2.45, 2.75) is 38.4 Å². The number of aromatic nitrogens is 6. The number of pyridine rings is 1. The average molecular weight is 778 g/mol. The first-order chi connectivity index (χ1) is 26.2. The second-order valence-electron chi connectivity index (χ2n) is 13.4. The molecule has 3 amide bonds. The second-order valence-corrected chi connectivity index (χ2v) is 13.8. The third-order valence-corrected chi connectivity index (χ3v) is 8.55. The highest BCUT2D eigenvalue weighted by atomic mass is 35.5. The topological polar surface area (TPSA) is 190 Å². The lowest BCUT2D eigenvalue weighted by Gasteiger charge is -2.25. The number of hydrogen-bond acceptors (Lipinski definition) is 11. The first kappa shape index (κ1) is 38.4. The number of halogens is 4. The van der Waals surface area contributed by atoms with Crippen molar-refractivity contribution in [2.75, 3.05) is 35.6 Å². The molecule has 5 N–H and O–H groups in total. The van der Waals surface area contributed by atoms with E-state index in [9.17, 15) is 27.6 Å². The van der Waals surface area contributed by atoms with Crippen LogP contribution in [0.1, 0.15) is 42.6 Å². The predicted molar refractivity (Wildman–Crippen MR) is 196 cm³/mol. The Balaban J connectivity index is 1.03. The van der Waals surface area contributed by atoms with Gasteiger partial charge >= 0.3 is 24.0 Å². The van der Waals surface area contributed by atoms with E-state index in [1.807, 2.05) is 12.1 Å². The third kappa shape index (κ3) is 10.4. The molecule has 2 aromatic carbocycles. The van der Waals surface area contributed by atoms with Crippen molar-refractivity contribution in [2.24, 2.45) is 5.41 Å². The second kappa shape index (κ2) is 16.0. The van der Waals surface area contributed by atoms with E-state index >= 15 is 0 Å². The van der Waals surface area contributed by atoms with Crippen LogP contribution in [0.4, 0.5) is 36.4 Å². The van der Waals surface area contributed by atoms with Gasteiger partial charge in [-0.2, -0.15) is 33.2 Å². The van der Waals surface area contributed by atoms with Gasteiger partial charge in [-0.15, -0.1) is 0 Å². The molecule has 0 spiro atoms. The van der Waals surface area contributed by atoms with Crippen molar-refractivity contribution in [3.05, 3.63) is 101 Å². The highest BCUT2D eigenvalue weighted by Crippen LogP contribution is 2.48. The van der Waals surface area contributed by atoms with Gasteiger partial charge in [0.05, 0.1) is 11.2 Å². The van der Waals surface area contributed by atoms with Crippen LogP contribution in [0.2, 0.25) is 5.02 Å². The van der Waals surface area contributed by atoms with Crippen molar-refractivity contribution in [1.82, 2.24) is 40.3 Å². The van der Waals surface area contributed by atoms with Gasteiger partial charge in [0.1, 0.15) is 0 Å². The summed E-state index contributed by atoms with van der Waals surface area (Å²) < 4.78 is 45.2. The van der Waals surface area contributed by atoms with Crippen LogP contribution >= 0.6 is 11.6 Å². The summed E-state index contributed by atoms with van der Waals surface area (Å²) in [7, 11) is 0. The molecular weight excluding hydrogens is 743 g/mol. The largest absolute Gasteiger partial charge is 0.454 e. The van der Waals surface area contributed by atoms with Gasteiger partial charge in [-0.05, 0) is 78.4 Å². The quantitative estimate of drug-likeness (QED) is 0.0908. The van der Waals surface area contributed by atoms with E-state index in [4.69, 9.17) is 16.3 Å². The molecule has 0 aliphatic heterocycles. The van der Waals surface area contributed by atoms with Gasteiger partial charge in [0.15, 0.2) is 12.4 Å². The zero-order chi connectivity index (χ0) is 39.2. The number of rotatable bonds is 14. The maximum absolute atomic E-state index is 13.0. The van der Waals surface area contributed by atoms with Gasteiger partial charge in [-0.25, -0.2) is 9.67 Å². The molecule has 0 atom stereocenters.